The zero-order valence-corrected chi connectivity index (χ0v) is 19.6. The second kappa shape index (κ2) is 8.43. The second-order valence-electron chi connectivity index (χ2n) is 7.88. The first-order valence-electron chi connectivity index (χ1n) is 9.30. The highest BCUT2D eigenvalue weighted by Crippen LogP contribution is 2.30. The Hall–Kier alpha value is -2.33. The van der Waals surface area contributed by atoms with Crippen LogP contribution in [0.4, 0.5) is 10.5 Å². The van der Waals surface area contributed by atoms with E-state index in [1.165, 1.54) is 19.4 Å². The number of amides is 1. The van der Waals surface area contributed by atoms with Gasteiger partial charge in [-0.1, -0.05) is 15.9 Å². The molecule has 0 saturated heterocycles. The van der Waals surface area contributed by atoms with Gasteiger partial charge in [0.25, 0.3) is 10.0 Å². The number of hydrogen-bond donors (Lipinski definition) is 1. The molecule has 0 radical (unpaired) electrons. The van der Waals surface area contributed by atoms with Crippen molar-refractivity contribution in [2.45, 2.75) is 44.2 Å². The van der Waals surface area contributed by atoms with Crippen LogP contribution in [0, 0.1) is 0 Å². The predicted molar refractivity (Wildman–Crippen MR) is 116 cm³/mol. The summed E-state index contributed by atoms with van der Waals surface area (Å²) in [7, 11) is -2.50. The molecule has 0 unspecified atom stereocenters. The molecular weight excluding hydrogens is 474 g/mol. The summed E-state index contributed by atoms with van der Waals surface area (Å²) < 4.78 is 39.6. The van der Waals surface area contributed by atoms with Crippen LogP contribution in [0.15, 0.2) is 39.8 Å². The number of anilines is 1. The summed E-state index contributed by atoms with van der Waals surface area (Å²) in [6.07, 6.45) is 1.64. The molecule has 1 aromatic heterocycles. The van der Waals surface area contributed by atoms with Crippen LogP contribution in [0.3, 0.4) is 0 Å². The summed E-state index contributed by atoms with van der Waals surface area (Å²) in [5.41, 5.74) is 1.32. The summed E-state index contributed by atoms with van der Waals surface area (Å²) in [5, 5.41) is 0. The van der Waals surface area contributed by atoms with Crippen LogP contribution < -0.4 is 9.46 Å². The zero-order valence-electron chi connectivity index (χ0n) is 17.2. The van der Waals surface area contributed by atoms with E-state index in [-0.39, 0.29) is 10.6 Å². The van der Waals surface area contributed by atoms with Crippen LogP contribution in [0.2, 0.25) is 0 Å². The van der Waals surface area contributed by atoms with Crippen LogP contribution in [0.5, 0.6) is 5.75 Å². The third-order valence-corrected chi connectivity index (χ3v) is 6.25. The number of benzene rings is 1. The van der Waals surface area contributed by atoms with Gasteiger partial charge in [-0.15, -0.1) is 0 Å². The van der Waals surface area contributed by atoms with Gasteiger partial charge in [-0.2, -0.15) is 0 Å². The molecule has 0 aliphatic carbocycles. The molecule has 10 heteroatoms. The van der Waals surface area contributed by atoms with E-state index in [0.29, 0.717) is 29.7 Å². The third-order valence-electron chi connectivity index (χ3n) is 4.36. The Labute approximate surface area is 184 Å². The van der Waals surface area contributed by atoms with Crippen molar-refractivity contribution in [2.24, 2.45) is 0 Å². The summed E-state index contributed by atoms with van der Waals surface area (Å²) in [5.74, 6) is 0.229. The number of hydrogen-bond acceptors (Lipinski definition) is 6. The Balaban J connectivity index is 1.83. The number of halogens is 1. The number of nitrogens with zero attached hydrogens (tertiary/aromatic N) is 2. The lowest BCUT2D eigenvalue weighted by Crippen LogP contribution is -2.40. The lowest BCUT2D eigenvalue weighted by Gasteiger charge is -2.31. The number of nitrogens with one attached hydrogen (secondary N) is 1. The van der Waals surface area contributed by atoms with E-state index in [1.807, 2.05) is 20.8 Å². The van der Waals surface area contributed by atoms with Gasteiger partial charge in [0.1, 0.15) is 16.2 Å². The SMILES string of the molecule is COc1ccc(Br)cc1S(=O)(=O)Nc1cnc2c(c1)CN(C(=O)OC(C)(C)C)CC2. The monoisotopic (exact) mass is 497 g/mol. The molecule has 1 N–H and O–H groups in total. The molecule has 1 aliphatic heterocycles. The first-order valence-corrected chi connectivity index (χ1v) is 11.6. The molecule has 1 amide bonds. The van der Waals surface area contributed by atoms with Crippen molar-refractivity contribution >= 4 is 37.7 Å². The number of fused-ring (bicyclic) bond motifs is 1. The molecule has 0 fully saturated rings. The maximum absolute atomic E-state index is 12.9. The average molecular weight is 498 g/mol. The van der Waals surface area contributed by atoms with Crippen LogP contribution in [-0.2, 0) is 27.7 Å². The van der Waals surface area contributed by atoms with Gasteiger partial charge in [-0.25, -0.2) is 13.2 Å². The number of carbonyl (C=O) groups is 1. The highest BCUT2D eigenvalue weighted by molar-refractivity contribution is 9.10. The Morgan fingerprint density at radius 3 is 2.67 bits per heavy atom. The number of ether oxygens (including phenoxy) is 2. The highest BCUT2D eigenvalue weighted by Gasteiger charge is 2.27. The minimum absolute atomic E-state index is 0.00692. The number of aromatic nitrogens is 1. The first-order chi connectivity index (χ1) is 14.0. The first kappa shape index (κ1) is 22.4. The summed E-state index contributed by atoms with van der Waals surface area (Å²) in [6, 6.07) is 6.43. The van der Waals surface area contributed by atoms with Crippen molar-refractivity contribution in [1.82, 2.24) is 9.88 Å². The fourth-order valence-electron chi connectivity index (χ4n) is 3.04. The molecule has 0 saturated carbocycles. The standard InChI is InChI=1S/C20H24BrN3O5S/c1-20(2,3)29-19(25)24-8-7-16-13(12-24)9-15(11-22-16)23-30(26,27)18-10-14(21)5-6-17(18)28-4/h5-6,9-11,23H,7-8,12H2,1-4H3. The number of sulfonamides is 1. The quantitative estimate of drug-likeness (QED) is 0.686. The molecule has 3 rings (SSSR count). The maximum Gasteiger partial charge on any atom is 0.410 e. The normalized spacial score (nSPS) is 14.1. The molecule has 0 bridgehead atoms. The minimum Gasteiger partial charge on any atom is -0.495 e. The fourth-order valence-corrected chi connectivity index (χ4v) is 4.78. The van der Waals surface area contributed by atoms with E-state index < -0.39 is 21.7 Å². The van der Waals surface area contributed by atoms with Gasteiger partial charge in [0.15, 0.2) is 0 Å². The Morgan fingerprint density at radius 2 is 2.00 bits per heavy atom. The van der Waals surface area contributed by atoms with Gasteiger partial charge >= 0.3 is 6.09 Å². The molecule has 0 spiro atoms. The van der Waals surface area contributed by atoms with E-state index in [9.17, 15) is 13.2 Å². The summed E-state index contributed by atoms with van der Waals surface area (Å²) >= 11 is 3.28. The van der Waals surface area contributed by atoms with Crippen molar-refractivity contribution in [3.05, 3.63) is 46.2 Å². The number of methoxy groups -OCH3 is 1. The van der Waals surface area contributed by atoms with Crippen molar-refractivity contribution in [1.29, 1.82) is 0 Å². The van der Waals surface area contributed by atoms with Crippen LogP contribution in [0.1, 0.15) is 32.0 Å². The van der Waals surface area contributed by atoms with Gasteiger partial charge in [-0.3, -0.25) is 9.71 Å². The van der Waals surface area contributed by atoms with E-state index in [0.717, 1.165) is 11.3 Å². The van der Waals surface area contributed by atoms with Crippen molar-refractivity contribution in [3.63, 3.8) is 0 Å². The van der Waals surface area contributed by atoms with Crippen LogP contribution in [0.25, 0.3) is 0 Å². The van der Waals surface area contributed by atoms with E-state index in [2.05, 4.69) is 25.6 Å². The number of carbonyl (C=O) groups excluding carboxylic acids is 1. The second-order valence-corrected chi connectivity index (χ2v) is 10.4. The van der Waals surface area contributed by atoms with Gasteiger partial charge in [-0.05, 0) is 50.6 Å². The van der Waals surface area contributed by atoms with Crippen molar-refractivity contribution in [2.75, 3.05) is 18.4 Å². The van der Waals surface area contributed by atoms with Gasteiger partial charge < -0.3 is 14.4 Å². The van der Waals surface area contributed by atoms with Crippen LogP contribution in [-0.4, -0.2) is 43.7 Å². The van der Waals surface area contributed by atoms with E-state index in [1.54, 1.807) is 23.1 Å². The average Bonchev–Trinajstić information content (AvgIpc) is 2.65. The molecule has 8 nitrogen and oxygen atoms in total. The topological polar surface area (TPSA) is 97.8 Å². The molecular formula is C20H24BrN3O5S. The Morgan fingerprint density at radius 1 is 1.27 bits per heavy atom. The largest absolute Gasteiger partial charge is 0.495 e. The van der Waals surface area contributed by atoms with Crippen molar-refractivity contribution < 1.29 is 22.7 Å². The highest BCUT2D eigenvalue weighted by atomic mass is 79.9. The van der Waals surface area contributed by atoms with E-state index in [4.69, 9.17) is 9.47 Å². The number of rotatable bonds is 4. The third kappa shape index (κ3) is 5.23. The summed E-state index contributed by atoms with van der Waals surface area (Å²) in [4.78, 5) is 18.4. The predicted octanol–water partition coefficient (Wildman–Crippen LogP) is 3.95. The lowest BCUT2D eigenvalue weighted by molar-refractivity contribution is 0.0223. The van der Waals surface area contributed by atoms with Crippen molar-refractivity contribution in [3.8, 4) is 5.75 Å². The molecule has 2 heterocycles. The zero-order chi connectivity index (χ0) is 22.1. The Bertz CT molecular complexity index is 1070. The van der Waals surface area contributed by atoms with Gasteiger partial charge in [0.05, 0.1) is 25.5 Å². The fraction of sp³-hybridized carbons (Fsp3) is 0.400. The lowest BCUT2D eigenvalue weighted by atomic mass is 10.1. The van der Waals surface area contributed by atoms with Gasteiger partial charge in [0, 0.05) is 23.1 Å². The molecule has 1 aromatic carbocycles. The van der Waals surface area contributed by atoms with Crippen LogP contribution >= 0.6 is 15.9 Å². The van der Waals surface area contributed by atoms with E-state index >= 15 is 0 Å². The smallest absolute Gasteiger partial charge is 0.410 e. The molecule has 30 heavy (non-hydrogen) atoms. The summed E-state index contributed by atoms with van der Waals surface area (Å²) in [6.45, 7) is 6.23. The molecule has 162 valence electrons. The number of pyridine rings is 1. The molecule has 0 atom stereocenters. The minimum atomic E-state index is -3.91. The molecule has 2 aromatic rings. The molecule has 1 aliphatic rings. The Kier molecular flexibility index (Phi) is 6.28. The van der Waals surface area contributed by atoms with Gasteiger partial charge in [0.2, 0.25) is 0 Å². The maximum atomic E-state index is 12.9.